The van der Waals surface area contributed by atoms with Gasteiger partial charge in [-0.3, -0.25) is 4.79 Å². The number of carbonyl (C=O) groups excluding carboxylic acids is 1. The Bertz CT molecular complexity index is 866. The lowest BCUT2D eigenvalue weighted by molar-refractivity contribution is 0.0932. The van der Waals surface area contributed by atoms with Crippen molar-refractivity contribution in [3.63, 3.8) is 0 Å². The first-order chi connectivity index (χ1) is 11.4. The molecule has 3 aromatic rings. The summed E-state index contributed by atoms with van der Waals surface area (Å²) in [7, 11) is 0. The number of oxazole rings is 1. The van der Waals surface area contributed by atoms with Gasteiger partial charge in [-0.25, -0.2) is 4.98 Å². The maximum Gasteiger partial charge on any atom is 0.252 e. The van der Waals surface area contributed by atoms with Gasteiger partial charge in [0.05, 0.1) is 0 Å². The van der Waals surface area contributed by atoms with E-state index in [-0.39, 0.29) is 11.9 Å². The van der Waals surface area contributed by atoms with Crippen LogP contribution in [0.15, 0.2) is 27.1 Å². The van der Waals surface area contributed by atoms with Crippen molar-refractivity contribution in [2.45, 2.75) is 40.2 Å². The van der Waals surface area contributed by atoms with Crippen LogP contribution < -0.4 is 5.32 Å². The van der Waals surface area contributed by atoms with E-state index in [4.69, 9.17) is 8.94 Å². The molecule has 0 fully saturated rings. The third-order valence-corrected chi connectivity index (χ3v) is 3.55. The SMILES string of the molecule is Cc1nc2ccc(C(=O)N[C@@H](C)c3nc(CC(C)C)no3)cc2o1. The highest BCUT2D eigenvalue weighted by Crippen LogP contribution is 2.18. The van der Waals surface area contributed by atoms with Gasteiger partial charge in [0.25, 0.3) is 5.91 Å². The number of amides is 1. The second-order valence-corrected chi connectivity index (χ2v) is 6.26. The number of aromatic nitrogens is 3. The number of nitrogens with one attached hydrogen (secondary N) is 1. The van der Waals surface area contributed by atoms with Crippen molar-refractivity contribution >= 4 is 17.0 Å². The van der Waals surface area contributed by atoms with E-state index in [0.717, 1.165) is 11.9 Å². The summed E-state index contributed by atoms with van der Waals surface area (Å²) >= 11 is 0. The van der Waals surface area contributed by atoms with Crippen LogP contribution in [0.3, 0.4) is 0 Å². The van der Waals surface area contributed by atoms with E-state index in [1.807, 2.05) is 6.92 Å². The first kappa shape index (κ1) is 16.2. The van der Waals surface area contributed by atoms with Crippen LogP contribution in [0, 0.1) is 12.8 Å². The van der Waals surface area contributed by atoms with Gasteiger partial charge < -0.3 is 14.3 Å². The Morgan fingerprint density at radius 3 is 2.79 bits per heavy atom. The first-order valence-corrected chi connectivity index (χ1v) is 7.93. The van der Waals surface area contributed by atoms with Crippen LogP contribution in [0.5, 0.6) is 0 Å². The molecule has 0 aliphatic heterocycles. The summed E-state index contributed by atoms with van der Waals surface area (Å²) in [6.07, 6.45) is 0.742. The quantitative estimate of drug-likeness (QED) is 0.773. The Balaban J connectivity index is 1.71. The summed E-state index contributed by atoms with van der Waals surface area (Å²) in [5.41, 5.74) is 1.81. The van der Waals surface area contributed by atoms with Crippen LogP contribution in [0.4, 0.5) is 0 Å². The molecule has 0 aliphatic carbocycles. The summed E-state index contributed by atoms with van der Waals surface area (Å²) in [6, 6.07) is 4.77. The molecule has 2 aromatic heterocycles. The molecule has 7 nitrogen and oxygen atoms in total. The van der Waals surface area contributed by atoms with Crippen LogP contribution in [0.2, 0.25) is 0 Å². The van der Waals surface area contributed by atoms with Crippen molar-refractivity contribution in [3.05, 3.63) is 41.4 Å². The van der Waals surface area contributed by atoms with Crippen LogP contribution in [-0.4, -0.2) is 21.0 Å². The normalized spacial score (nSPS) is 12.7. The summed E-state index contributed by atoms with van der Waals surface area (Å²) in [5.74, 6) is 1.83. The zero-order valence-electron chi connectivity index (χ0n) is 14.2. The number of hydrogen-bond donors (Lipinski definition) is 1. The Hall–Kier alpha value is -2.70. The van der Waals surface area contributed by atoms with Crippen LogP contribution in [0.25, 0.3) is 11.1 Å². The van der Waals surface area contributed by atoms with Crippen molar-refractivity contribution in [2.75, 3.05) is 0 Å². The topological polar surface area (TPSA) is 94.1 Å². The molecule has 0 unspecified atom stereocenters. The molecule has 3 rings (SSSR count). The zero-order valence-corrected chi connectivity index (χ0v) is 14.2. The third-order valence-electron chi connectivity index (χ3n) is 3.55. The van der Waals surface area contributed by atoms with Gasteiger partial charge in [0.2, 0.25) is 5.89 Å². The summed E-state index contributed by atoms with van der Waals surface area (Å²) in [4.78, 5) is 20.9. The Kier molecular flexibility index (Phi) is 4.33. The average Bonchev–Trinajstić information content (AvgIpc) is 3.10. The first-order valence-electron chi connectivity index (χ1n) is 7.93. The predicted molar refractivity (Wildman–Crippen MR) is 87.5 cm³/mol. The molecular formula is C17H20N4O3. The van der Waals surface area contributed by atoms with Crippen molar-refractivity contribution in [1.29, 1.82) is 0 Å². The van der Waals surface area contributed by atoms with Crippen molar-refractivity contribution in [3.8, 4) is 0 Å². The minimum Gasteiger partial charge on any atom is -0.441 e. The summed E-state index contributed by atoms with van der Waals surface area (Å²) < 4.78 is 10.7. The molecule has 1 atom stereocenters. The van der Waals surface area contributed by atoms with E-state index in [1.54, 1.807) is 25.1 Å². The van der Waals surface area contributed by atoms with Gasteiger partial charge in [-0.05, 0) is 31.0 Å². The highest BCUT2D eigenvalue weighted by molar-refractivity contribution is 5.97. The number of rotatable bonds is 5. The second-order valence-electron chi connectivity index (χ2n) is 6.26. The molecule has 126 valence electrons. The number of fused-ring (bicyclic) bond motifs is 1. The molecule has 24 heavy (non-hydrogen) atoms. The van der Waals surface area contributed by atoms with Crippen LogP contribution in [0.1, 0.15) is 54.8 Å². The lowest BCUT2D eigenvalue weighted by Gasteiger charge is -2.09. The lowest BCUT2D eigenvalue weighted by atomic mass is 10.1. The highest BCUT2D eigenvalue weighted by Gasteiger charge is 2.18. The van der Waals surface area contributed by atoms with Gasteiger partial charge in [-0.15, -0.1) is 0 Å². The number of aryl methyl sites for hydroxylation is 1. The molecule has 7 heteroatoms. The third kappa shape index (κ3) is 3.45. The molecule has 1 N–H and O–H groups in total. The maximum absolute atomic E-state index is 12.4. The minimum atomic E-state index is -0.377. The molecule has 0 aliphatic rings. The maximum atomic E-state index is 12.4. The van der Waals surface area contributed by atoms with Gasteiger partial charge in [0.1, 0.15) is 11.6 Å². The molecule has 0 spiro atoms. The molecule has 1 amide bonds. The van der Waals surface area contributed by atoms with Gasteiger partial charge in [-0.2, -0.15) is 4.98 Å². The molecule has 0 saturated heterocycles. The minimum absolute atomic E-state index is 0.234. The van der Waals surface area contributed by atoms with Gasteiger partial charge in [0.15, 0.2) is 17.3 Å². The van der Waals surface area contributed by atoms with Crippen molar-refractivity contribution in [2.24, 2.45) is 5.92 Å². The number of nitrogens with zero attached hydrogens (tertiary/aromatic N) is 3. The van der Waals surface area contributed by atoms with Gasteiger partial charge in [-0.1, -0.05) is 19.0 Å². The van der Waals surface area contributed by atoms with E-state index in [1.165, 1.54) is 0 Å². The average molecular weight is 328 g/mol. The molecule has 0 radical (unpaired) electrons. The number of benzene rings is 1. The number of hydrogen-bond acceptors (Lipinski definition) is 6. The van der Waals surface area contributed by atoms with E-state index in [2.05, 4.69) is 34.3 Å². The largest absolute Gasteiger partial charge is 0.441 e. The smallest absolute Gasteiger partial charge is 0.252 e. The second kappa shape index (κ2) is 6.43. The van der Waals surface area contributed by atoms with Crippen molar-refractivity contribution < 1.29 is 13.7 Å². The fourth-order valence-electron chi connectivity index (χ4n) is 2.41. The molecular weight excluding hydrogens is 308 g/mol. The molecule has 2 heterocycles. The molecule has 0 bridgehead atoms. The fraction of sp³-hybridized carbons (Fsp3) is 0.412. The van der Waals surface area contributed by atoms with E-state index >= 15 is 0 Å². The van der Waals surface area contributed by atoms with E-state index in [0.29, 0.717) is 34.7 Å². The van der Waals surface area contributed by atoms with Crippen molar-refractivity contribution in [1.82, 2.24) is 20.4 Å². The Labute approximate surface area is 139 Å². The fourth-order valence-corrected chi connectivity index (χ4v) is 2.41. The van der Waals surface area contributed by atoms with Gasteiger partial charge >= 0.3 is 0 Å². The monoisotopic (exact) mass is 328 g/mol. The molecule has 0 saturated carbocycles. The highest BCUT2D eigenvalue weighted by atomic mass is 16.5. The van der Waals surface area contributed by atoms with E-state index < -0.39 is 0 Å². The lowest BCUT2D eigenvalue weighted by Crippen LogP contribution is -2.26. The summed E-state index contributed by atoms with van der Waals surface area (Å²) in [5, 5.41) is 6.79. The Morgan fingerprint density at radius 2 is 2.04 bits per heavy atom. The Morgan fingerprint density at radius 1 is 1.25 bits per heavy atom. The predicted octanol–water partition coefficient (Wildman–Crippen LogP) is 3.21. The zero-order chi connectivity index (χ0) is 17.3. The van der Waals surface area contributed by atoms with Gasteiger partial charge in [0, 0.05) is 18.9 Å². The van der Waals surface area contributed by atoms with E-state index in [9.17, 15) is 4.79 Å². The summed E-state index contributed by atoms with van der Waals surface area (Å²) in [6.45, 7) is 7.75. The molecule has 1 aromatic carbocycles. The number of carbonyl (C=O) groups is 1. The van der Waals surface area contributed by atoms with Crippen LogP contribution >= 0.6 is 0 Å². The van der Waals surface area contributed by atoms with Crippen LogP contribution in [-0.2, 0) is 6.42 Å². The standard InChI is InChI=1S/C17H20N4O3/c1-9(2)7-15-20-17(24-21-15)10(3)18-16(22)12-5-6-13-14(8-12)23-11(4)19-13/h5-6,8-10H,7H2,1-4H3,(H,18,22)/t10-/m0/s1.